The summed E-state index contributed by atoms with van der Waals surface area (Å²) in [6.45, 7) is 3.54. The monoisotopic (exact) mass is 430 g/mol. The molecule has 3 heterocycles. The summed E-state index contributed by atoms with van der Waals surface area (Å²) in [7, 11) is -3.70. The van der Waals surface area contributed by atoms with Gasteiger partial charge in [0.2, 0.25) is 0 Å². The molecule has 2 aromatic rings. The van der Waals surface area contributed by atoms with Crippen LogP contribution >= 0.6 is 22.7 Å². The van der Waals surface area contributed by atoms with Crippen molar-refractivity contribution in [3.63, 3.8) is 0 Å². The van der Waals surface area contributed by atoms with Crippen molar-refractivity contribution in [1.82, 2.24) is 14.8 Å². The molecule has 0 spiro atoms. The van der Waals surface area contributed by atoms with Gasteiger partial charge in [-0.25, -0.2) is 18.2 Å². The summed E-state index contributed by atoms with van der Waals surface area (Å²) in [6.07, 6.45) is -0.386. The van der Waals surface area contributed by atoms with Gasteiger partial charge >= 0.3 is 6.09 Å². The summed E-state index contributed by atoms with van der Waals surface area (Å²) in [5, 5.41) is 3.32. The second-order valence-electron chi connectivity index (χ2n) is 5.55. The van der Waals surface area contributed by atoms with Crippen molar-refractivity contribution in [3.8, 4) is 0 Å². The number of nitrogens with zero attached hydrogens (tertiary/aromatic N) is 3. The number of hydrogen-bond donors (Lipinski definition) is 1. The van der Waals surface area contributed by atoms with E-state index in [9.17, 15) is 18.0 Å². The molecule has 0 atom stereocenters. The molecule has 2 amide bonds. The number of carbonyl (C=O) groups excluding carboxylic acids is 2. The quantitative estimate of drug-likeness (QED) is 0.776. The average Bonchev–Trinajstić information content (AvgIpc) is 3.33. The minimum absolute atomic E-state index is 0.136. The van der Waals surface area contributed by atoms with Crippen LogP contribution in [0.1, 0.15) is 17.4 Å². The third kappa shape index (κ3) is 4.57. The van der Waals surface area contributed by atoms with E-state index in [4.69, 9.17) is 4.74 Å². The molecule has 2 aromatic heterocycles. The van der Waals surface area contributed by atoms with E-state index in [1.54, 1.807) is 28.2 Å². The second-order valence-corrected chi connectivity index (χ2v) is 9.27. The van der Waals surface area contributed by atoms with Gasteiger partial charge in [-0.05, 0) is 18.4 Å². The fourth-order valence-electron chi connectivity index (χ4n) is 2.47. The summed E-state index contributed by atoms with van der Waals surface area (Å²) < 4.78 is 32.0. The van der Waals surface area contributed by atoms with Gasteiger partial charge in [0.25, 0.3) is 15.9 Å². The predicted molar refractivity (Wildman–Crippen MR) is 102 cm³/mol. The summed E-state index contributed by atoms with van der Waals surface area (Å²) in [5.41, 5.74) is 0.175. The van der Waals surface area contributed by atoms with Crippen molar-refractivity contribution in [3.05, 3.63) is 28.6 Å². The van der Waals surface area contributed by atoms with E-state index in [0.29, 0.717) is 32.8 Å². The van der Waals surface area contributed by atoms with Crippen LogP contribution in [0.4, 0.5) is 9.93 Å². The van der Waals surface area contributed by atoms with E-state index < -0.39 is 10.0 Å². The molecule has 0 aromatic carbocycles. The van der Waals surface area contributed by atoms with Crippen molar-refractivity contribution in [2.24, 2.45) is 0 Å². The van der Waals surface area contributed by atoms with Crippen LogP contribution in [0.2, 0.25) is 0 Å². The van der Waals surface area contributed by atoms with Crippen molar-refractivity contribution in [2.45, 2.75) is 11.1 Å². The summed E-state index contributed by atoms with van der Waals surface area (Å²) in [6, 6.07) is 3.14. The first kappa shape index (κ1) is 19.6. The highest BCUT2D eigenvalue weighted by atomic mass is 32.2. The molecule has 1 aliphatic heterocycles. The van der Waals surface area contributed by atoms with E-state index in [1.807, 2.05) is 0 Å². The van der Waals surface area contributed by atoms with Crippen LogP contribution in [0, 0.1) is 0 Å². The Morgan fingerprint density at radius 3 is 2.56 bits per heavy atom. The average molecular weight is 431 g/mol. The summed E-state index contributed by atoms with van der Waals surface area (Å²) in [5.74, 6) is -0.295. The Balaban J connectivity index is 1.60. The first-order valence-electron chi connectivity index (χ1n) is 8.13. The highest BCUT2D eigenvalue weighted by Crippen LogP contribution is 2.23. The zero-order valence-electron chi connectivity index (χ0n) is 14.5. The number of aromatic nitrogens is 1. The molecule has 12 heteroatoms. The van der Waals surface area contributed by atoms with Crippen LogP contribution in [0.3, 0.4) is 0 Å². The van der Waals surface area contributed by atoms with E-state index in [-0.39, 0.29) is 27.0 Å². The van der Waals surface area contributed by atoms with Gasteiger partial charge in [0, 0.05) is 31.6 Å². The van der Waals surface area contributed by atoms with Crippen molar-refractivity contribution < 1.29 is 22.7 Å². The van der Waals surface area contributed by atoms with Crippen molar-refractivity contribution in [1.29, 1.82) is 0 Å². The van der Waals surface area contributed by atoms with Crippen LogP contribution in [0.15, 0.2) is 27.1 Å². The standard InChI is InChI=1S/C15H18N4O5S3/c1-2-24-15(21)19-7-5-18(6-8-19)13(20)11-10-26-14(16-11)17-27(22,23)12-4-3-9-25-12/h3-4,9-10H,2,5-8H2,1H3,(H,16,17). The maximum Gasteiger partial charge on any atom is 0.409 e. The molecule has 0 saturated carbocycles. The molecule has 146 valence electrons. The van der Waals surface area contributed by atoms with Gasteiger partial charge in [-0.1, -0.05) is 6.07 Å². The molecular formula is C15H18N4O5S3. The lowest BCUT2D eigenvalue weighted by Gasteiger charge is -2.33. The lowest BCUT2D eigenvalue weighted by Crippen LogP contribution is -2.50. The maximum absolute atomic E-state index is 12.6. The Morgan fingerprint density at radius 1 is 1.22 bits per heavy atom. The number of carbonyl (C=O) groups is 2. The van der Waals surface area contributed by atoms with Gasteiger partial charge in [-0.15, -0.1) is 22.7 Å². The molecule has 0 unspecified atom stereocenters. The summed E-state index contributed by atoms with van der Waals surface area (Å²) >= 11 is 2.15. The minimum Gasteiger partial charge on any atom is -0.450 e. The number of rotatable bonds is 5. The number of anilines is 1. The molecule has 0 radical (unpaired) electrons. The van der Waals surface area contributed by atoms with Gasteiger partial charge in [0.1, 0.15) is 9.90 Å². The molecule has 27 heavy (non-hydrogen) atoms. The Morgan fingerprint density at radius 2 is 1.93 bits per heavy atom. The topological polar surface area (TPSA) is 109 Å². The number of sulfonamides is 1. The molecule has 0 bridgehead atoms. The molecule has 3 rings (SSSR count). The van der Waals surface area contributed by atoms with Gasteiger partial charge < -0.3 is 14.5 Å². The molecular weight excluding hydrogens is 412 g/mol. The fraction of sp³-hybridized carbons (Fsp3) is 0.400. The first-order valence-corrected chi connectivity index (χ1v) is 11.4. The third-order valence-corrected chi connectivity index (χ3v) is 7.42. The Hall–Kier alpha value is -2.18. The van der Waals surface area contributed by atoms with Gasteiger partial charge in [-0.3, -0.25) is 9.52 Å². The maximum atomic E-state index is 12.6. The first-order chi connectivity index (χ1) is 12.9. The number of nitrogens with one attached hydrogen (secondary N) is 1. The van der Waals surface area contributed by atoms with Gasteiger partial charge in [0.15, 0.2) is 5.13 Å². The zero-order chi connectivity index (χ0) is 19.4. The number of thiazole rings is 1. The number of ether oxygens (including phenoxy) is 1. The van der Waals surface area contributed by atoms with Gasteiger partial charge in [-0.2, -0.15) is 0 Å². The van der Waals surface area contributed by atoms with Crippen LogP contribution in [-0.4, -0.2) is 68.0 Å². The van der Waals surface area contributed by atoms with E-state index in [0.717, 1.165) is 22.7 Å². The third-order valence-electron chi connectivity index (χ3n) is 3.80. The van der Waals surface area contributed by atoms with E-state index in [1.165, 1.54) is 11.4 Å². The Labute approximate surface area is 164 Å². The molecule has 1 aliphatic rings. The number of piperazine rings is 1. The van der Waals surface area contributed by atoms with Crippen LogP contribution < -0.4 is 4.72 Å². The number of thiophene rings is 1. The smallest absolute Gasteiger partial charge is 0.409 e. The van der Waals surface area contributed by atoms with Gasteiger partial charge in [0.05, 0.1) is 6.61 Å². The number of amides is 2. The summed E-state index contributed by atoms with van der Waals surface area (Å²) in [4.78, 5) is 31.5. The highest BCUT2D eigenvalue weighted by Gasteiger charge is 2.27. The predicted octanol–water partition coefficient (Wildman–Crippen LogP) is 1.92. The zero-order valence-corrected chi connectivity index (χ0v) is 16.9. The normalized spacial score (nSPS) is 14.9. The van der Waals surface area contributed by atoms with E-state index in [2.05, 4.69) is 9.71 Å². The van der Waals surface area contributed by atoms with E-state index >= 15 is 0 Å². The fourth-order valence-corrected chi connectivity index (χ4v) is 5.40. The van der Waals surface area contributed by atoms with Crippen molar-refractivity contribution in [2.75, 3.05) is 37.5 Å². The Kier molecular flexibility index (Phi) is 5.97. The second kappa shape index (κ2) is 8.23. The molecule has 1 N–H and O–H groups in total. The molecule has 9 nitrogen and oxygen atoms in total. The van der Waals surface area contributed by atoms with Crippen LogP contribution in [0.25, 0.3) is 0 Å². The SMILES string of the molecule is CCOC(=O)N1CCN(C(=O)c2csc(NS(=O)(=O)c3cccs3)n2)CC1. The highest BCUT2D eigenvalue weighted by molar-refractivity contribution is 7.94. The molecule has 0 aliphatic carbocycles. The Bertz CT molecular complexity index is 902. The lowest BCUT2D eigenvalue weighted by molar-refractivity contribution is 0.0566. The van der Waals surface area contributed by atoms with Crippen LogP contribution in [0.5, 0.6) is 0 Å². The molecule has 1 saturated heterocycles. The minimum atomic E-state index is -3.70. The molecule has 1 fully saturated rings. The largest absolute Gasteiger partial charge is 0.450 e. The lowest BCUT2D eigenvalue weighted by atomic mass is 10.3. The number of hydrogen-bond acceptors (Lipinski definition) is 8. The van der Waals surface area contributed by atoms with Crippen LogP contribution in [-0.2, 0) is 14.8 Å². The van der Waals surface area contributed by atoms with Crippen molar-refractivity contribution >= 4 is 49.8 Å².